The number of aromatic nitrogens is 3. The smallest absolute Gasteiger partial charge is 0.321 e. The van der Waals surface area contributed by atoms with Gasteiger partial charge >= 0.3 is 6.03 Å². The SMILES string of the molecule is CC[C@@H](CO)Nc1cc(NCc2ccc(NC(=O)N3CCN(Cc4ccc(C5CCC(=O)NC5=O)cc4)CC3)cc2)n2ncc(C(C)C)c2n1. The topological polar surface area (TPSA) is 156 Å². The average molecular weight is 682 g/mol. The zero-order chi connectivity index (χ0) is 35.2. The first-order valence-corrected chi connectivity index (χ1v) is 17.5. The van der Waals surface area contributed by atoms with E-state index in [4.69, 9.17) is 4.98 Å². The standard InChI is InChI=1S/C37H47N9O4/c1-4-28(23-47)40-32-19-33(46-35(42-32)31(21-39-46)24(2)3)38-20-25-7-11-29(12-8-25)41-37(50)45-17-15-44(16-18-45)22-26-5-9-27(10-6-26)30-13-14-34(48)43-36(30)49/h5-12,19,21,24,28,30,38,47H,4,13-18,20,22-23H2,1-3H3,(H,40,42)(H,41,50)(H,43,48,49)/t28-,30?/m0/s1. The highest BCUT2D eigenvalue weighted by Crippen LogP contribution is 2.27. The number of piperidine rings is 1. The lowest BCUT2D eigenvalue weighted by atomic mass is 9.90. The molecule has 0 radical (unpaired) electrons. The van der Waals surface area contributed by atoms with Crippen molar-refractivity contribution in [1.29, 1.82) is 0 Å². The largest absolute Gasteiger partial charge is 0.394 e. The lowest BCUT2D eigenvalue weighted by Gasteiger charge is -2.34. The molecule has 2 aromatic heterocycles. The van der Waals surface area contributed by atoms with E-state index in [1.54, 1.807) is 0 Å². The number of rotatable bonds is 12. The molecule has 2 fully saturated rings. The number of carbonyl (C=O) groups excluding carboxylic acids is 3. The van der Waals surface area contributed by atoms with Crippen molar-refractivity contribution < 1.29 is 19.5 Å². The average Bonchev–Trinajstić information content (AvgIpc) is 3.56. The van der Waals surface area contributed by atoms with Crippen LogP contribution in [0.4, 0.5) is 22.1 Å². The quantitative estimate of drug-likeness (QED) is 0.136. The van der Waals surface area contributed by atoms with Crippen molar-refractivity contribution in [1.82, 2.24) is 29.7 Å². The molecular weight excluding hydrogens is 634 g/mol. The van der Waals surface area contributed by atoms with Crippen LogP contribution in [0.15, 0.2) is 60.8 Å². The van der Waals surface area contributed by atoms with Crippen molar-refractivity contribution in [2.75, 3.05) is 48.7 Å². The molecule has 2 atom stereocenters. The van der Waals surface area contributed by atoms with E-state index in [0.717, 1.165) is 65.5 Å². The fourth-order valence-electron chi connectivity index (χ4n) is 6.41. The highest BCUT2D eigenvalue weighted by molar-refractivity contribution is 6.00. The van der Waals surface area contributed by atoms with Crippen molar-refractivity contribution in [2.45, 2.75) is 71.0 Å². The molecule has 4 aromatic rings. The molecule has 2 aromatic carbocycles. The van der Waals surface area contributed by atoms with Gasteiger partial charge in [0, 0.05) is 63.0 Å². The number of anilines is 3. The van der Waals surface area contributed by atoms with E-state index in [1.165, 1.54) is 0 Å². The summed E-state index contributed by atoms with van der Waals surface area (Å²) in [5.41, 5.74) is 5.68. The first-order valence-electron chi connectivity index (χ1n) is 17.5. The maximum Gasteiger partial charge on any atom is 0.321 e. The molecule has 1 unspecified atom stereocenters. The summed E-state index contributed by atoms with van der Waals surface area (Å²) >= 11 is 0. The van der Waals surface area contributed by atoms with Crippen LogP contribution in [0.5, 0.6) is 0 Å². The monoisotopic (exact) mass is 681 g/mol. The molecule has 2 saturated heterocycles. The van der Waals surface area contributed by atoms with Crippen molar-refractivity contribution in [2.24, 2.45) is 0 Å². The Kier molecular flexibility index (Phi) is 10.9. The van der Waals surface area contributed by atoms with Gasteiger partial charge in [0.05, 0.1) is 24.8 Å². The molecule has 4 heterocycles. The number of imide groups is 1. The van der Waals surface area contributed by atoms with Crippen LogP contribution in [0.25, 0.3) is 5.65 Å². The zero-order valence-electron chi connectivity index (χ0n) is 29.0. The van der Waals surface area contributed by atoms with Crippen LogP contribution in [-0.4, -0.2) is 86.2 Å². The predicted molar refractivity (Wildman–Crippen MR) is 193 cm³/mol. The number of fused-ring (bicyclic) bond motifs is 1. The molecule has 2 aliphatic heterocycles. The van der Waals surface area contributed by atoms with Gasteiger partial charge in [-0.05, 0) is 47.6 Å². The minimum Gasteiger partial charge on any atom is -0.394 e. The number of nitrogens with one attached hydrogen (secondary N) is 4. The van der Waals surface area contributed by atoms with Gasteiger partial charge in [-0.15, -0.1) is 0 Å². The van der Waals surface area contributed by atoms with Crippen LogP contribution in [-0.2, 0) is 22.7 Å². The number of benzene rings is 2. The van der Waals surface area contributed by atoms with Gasteiger partial charge in [-0.3, -0.25) is 19.8 Å². The van der Waals surface area contributed by atoms with E-state index in [2.05, 4.69) is 45.1 Å². The predicted octanol–water partition coefficient (Wildman–Crippen LogP) is 4.52. The first-order chi connectivity index (χ1) is 24.2. The molecule has 2 aliphatic rings. The number of aliphatic hydroxyl groups excluding tert-OH is 1. The van der Waals surface area contributed by atoms with Gasteiger partial charge in [0.15, 0.2) is 5.65 Å². The second-order valence-corrected chi connectivity index (χ2v) is 13.4. The third kappa shape index (κ3) is 8.23. The fourth-order valence-corrected chi connectivity index (χ4v) is 6.41. The van der Waals surface area contributed by atoms with Gasteiger partial charge in [-0.2, -0.15) is 9.61 Å². The molecule has 6 rings (SSSR count). The van der Waals surface area contributed by atoms with Gasteiger partial charge in [-0.1, -0.05) is 57.2 Å². The van der Waals surface area contributed by atoms with Crippen LogP contribution in [0.3, 0.4) is 0 Å². The number of aliphatic hydroxyl groups is 1. The summed E-state index contributed by atoms with van der Waals surface area (Å²) in [6.07, 6.45) is 3.54. The molecule has 13 heteroatoms. The molecule has 264 valence electrons. The highest BCUT2D eigenvalue weighted by atomic mass is 16.3. The lowest BCUT2D eigenvalue weighted by Crippen LogP contribution is -2.49. The lowest BCUT2D eigenvalue weighted by molar-refractivity contribution is -0.134. The summed E-state index contributed by atoms with van der Waals surface area (Å²) in [7, 11) is 0. The van der Waals surface area contributed by atoms with Gasteiger partial charge in [0.1, 0.15) is 11.6 Å². The van der Waals surface area contributed by atoms with Gasteiger partial charge in [0.25, 0.3) is 0 Å². The minimum absolute atomic E-state index is 0.0213. The Hall–Kier alpha value is -5.01. The highest BCUT2D eigenvalue weighted by Gasteiger charge is 2.28. The van der Waals surface area contributed by atoms with E-state index < -0.39 is 0 Å². The fraction of sp³-hybridized carbons (Fsp3) is 0.432. The Morgan fingerprint density at radius 3 is 2.40 bits per heavy atom. The van der Waals surface area contributed by atoms with Crippen molar-refractivity contribution in [3.63, 3.8) is 0 Å². The molecule has 0 bridgehead atoms. The molecule has 50 heavy (non-hydrogen) atoms. The van der Waals surface area contributed by atoms with E-state index in [0.29, 0.717) is 38.3 Å². The minimum atomic E-state index is -0.279. The van der Waals surface area contributed by atoms with Gasteiger partial charge in [-0.25, -0.2) is 9.78 Å². The zero-order valence-corrected chi connectivity index (χ0v) is 29.0. The molecule has 0 saturated carbocycles. The number of urea groups is 1. The molecule has 0 spiro atoms. The van der Waals surface area contributed by atoms with Crippen LogP contribution in [0.2, 0.25) is 0 Å². The summed E-state index contributed by atoms with van der Waals surface area (Å²) in [5, 5.41) is 26.6. The normalized spacial score (nSPS) is 17.5. The number of hydrogen-bond donors (Lipinski definition) is 5. The summed E-state index contributed by atoms with van der Waals surface area (Å²) in [4.78, 5) is 45.7. The number of nitrogens with zero attached hydrogens (tertiary/aromatic N) is 5. The van der Waals surface area contributed by atoms with Gasteiger partial charge in [0.2, 0.25) is 11.8 Å². The van der Waals surface area contributed by atoms with Crippen molar-refractivity contribution >= 4 is 40.8 Å². The molecule has 5 N–H and O–H groups in total. The Balaban J connectivity index is 0.990. The molecule has 13 nitrogen and oxygen atoms in total. The number of amides is 4. The van der Waals surface area contributed by atoms with E-state index in [9.17, 15) is 19.5 Å². The number of hydrogen-bond acceptors (Lipinski definition) is 9. The van der Waals surface area contributed by atoms with E-state index >= 15 is 0 Å². The Labute approximate surface area is 292 Å². The van der Waals surface area contributed by atoms with Crippen molar-refractivity contribution in [3.8, 4) is 0 Å². The Morgan fingerprint density at radius 2 is 1.74 bits per heavy atom. The van der Waals surface area contributed by atoms with Crippen LogP contribution in [0.1, 0.15) is 74.1 Å². The Bertz CT molecular complexity index is 1790. The van der Waals surface area contributed by atoms with Crippen LogP contribution in [0, 0.1) is 0 Å². The van der Waals surface area contributed by atoms with E-state index in [1.807, 2.05) is 77.1 Å². The molecule has 0 aliphatic carbocycles. The first kappa shape index (κ1) is 34.8. The van der Waals surface area contributed by atoms with Crippen molar-refractivity contribution in [3.05, 3.63) is 83.0 Å². The van der Waals surface area contributed by atoms with Crippen LogP contribution >= 0.6 is 0 Å². The maximum atomic E-state index is 13.1. The number of carbonyl (C=O) groups is 3. The van der Waals surface area contributed by atoms with Crippen LogP contribution < -0.4 is 21.3 Å². The molecular formula is C37H47N9O4. The second kappa shape index (κ2) is 15.7. The second-order valence-electron chi connectivity index (χ2n) is 13.4. The maximum absolute atomic E-state index is 13.1. The number of piperazine rings is 1. The molecule has 4 amide bonds. The summed E-state index contributed by atoms with van der Waals surface area (Å²) < 4.78 is 1.81. The third-order valence-corrected chi connectivity index (χ3v) is 9.55. The summed E-state index contributed by atoms with van der Waals surface area (Å²) in [5.74, 6) is 1.03. The summed E-state index contributed by atoms with van der Waals surface area (Å²) in [6.45, 7) is 10.4. The van der Waals surface area contributed by atoms with E-state index in [-0.39, 0.29) is 42.3 Å². The van der Waals surface area contributed by atoms with Gasteiger partial charge < -0.3 is 26.0 Å². The summed E-state index contributed by atoms with van der Waals surface area (Å²) in [6, 6.07) is 17.6. The Morgan fingerprint density at radius 1 is 1.02 bits per heavy atom. The third-order valence-electron chi connectivity index (χ3n) is 9.55.